The van der Waals surface area contributed by atoms with Crippen molar-refractivity contribution in [3.05, 3.63) is 69.7 Å². The van der Waals surface area contributed by atoms with Crippen LogP contribution < -0.4 is 5.32 Å². The number of hydrogen-bond donors (Lipinski definition) is 1. The zero-order valence-corrected chi connectivity index (χ0v) is 17.8. The van der Waals surface area contributed by atoms with E-state index in [1.165, 1.54) is 0 Å². The molecule has 2 rings (SSSR count). The van der Waals surface area contributed by atoms with Gasteiger partial charge in [0, 0.05) is 18.1 Å². The first-order chi connectivity index (χ1) is 13.3. The molecule has 4 nitrogen and oxygen atoms in total. The molecule has 0 unspecified atom stereocenters. The number of benzene rings is 2. The van der Waals surface area contributed by atoms with Crippen LogP contribution in [0.5, 0.6) is 0 Å². The second-order valence-electron chi connectivity index (χ2n) is 7.23. The summed E-state index contributed by atoms with van der Waals surface area (Å²) in [6.45, 7) is 8.72. The average Bonchev–Trinajstić information content (AvgIpc) is 2.66. The van der Waals surface area contributed by atoms with Gasteiger partial charge in [0.2, 0.25) is 11.8 Å². The van der Waals surface area contributed by atoms with Gasteiger partial charge in [-0.2, -0.15) is 0 Å². The molecule has 2 aromatic carbocycles. The Kier molecular flexibility index (Phi) is 8.06. The van der Waals surface area contributed by atoms with E-state index in [0.29, 0.717) is 18.1 Å². The number of nitrogens with one attached hydrogen (secondary N) is 1. The molecular weight excluding hydrogens is 372 g/mol. The molecule has 28 heavy (non-hydrogen) atoms. The van der Waals surface area contributed by atoms with Gasteiger partial charge >= 0.3 is 0 Å². The lowest BCUT2D eigenvalue weighted by atomic mass is 10.0. The lowest BCUT2D eigenvalue weighted by Gasteiger charge is -2.29. The fourth-order valence-corrected chi connectivity index (χ4v) is 3.28. The third kappa shape index (κ3) is 6.10. The Morgan fingerprint density at radius 3 is 2.57 bits per heavy atom. The first kappa shape index (κ1) is 22.0. The van der Waals surface area contributed by atoms with Gasteiger partial charge in [-0.25, -0.2) is 0 Å². The van der Waals surface area contributed by atoms with Gasteiger partial charge in [0.15, 0.2) is 0 Å². The summed E-state index contributed by atoms with van der Waals surface area (Å²) < 4.78 is 0. The van der Waals surface area contributed by atoms with Gasteiger partial charge in [-0.15, -0.1) is 0 Å². The van der Waals surface area contributed by atoms with Crippen molar-refractivity contribution in [2.45, 2.75) is 53.1 Å². The van der Waals surface area contributed by atoms with Crippen molar-refractivity contribution < 1.29 is 9.59 Å². The van der Waals surface area contributed by atoms with E-state index in [1.54, 1.807) is 17.9 Å². The summed E-state index contributed by atoms with van der Waals surface area (Å²) >= 11 is 6.10. The van der Waals surface area contributed by atoms with Crippen LogP contribution in [-0.2, 0) is 22.6 Å². The Balaban J connectivity index is 2.26. The number of hydrogen-bond acceptors (Lipinski definition) is 2. The zero-order chi connectivity index (χ0) is 20.7. The van der Waals surface area contributed by atoms with Gasteiger partial charge in [0.05, 0.1) is 6.42 Å². The molecule has 150 valence electrons. The van der Waals surface area contributed by atoms with Gasteiger partial charge < -0.3 is 10.2 Å². The van der Waals surface area contributed by atoms with Crippen molar-refractivity contribution >= 4 is 23.4 Å². The van der Waals surface area contributed by atoms with Crippen molar-refractivity contribution in [1.29, 1.82) is 0 Å². The molecule has 0 aliphatic heterocycles. The van der Waals surface area contributed by atoms with E-state index in [-0.39, 0.29) is 18.2 Å². The molecule has 1 atom stereocenters. The molecule has 0 bridgehead atoms. The van der Waals surface area contributed by atoms with Crippen molar-refractivity contribution in [3.8, 4) is 0 Å². The average molecular weight is 401 g/mol. The van der Waals surface area contributed by atoms with Crippen molar-refractivity contribution in [2.24, 2.45) is 0 Å². The fourth-order valence-electron chi connectivity index (χ4n) is 3.07. The molecule has 5 heteroatoms. The Bertz CT molecular complexity index is 835. The molecule has 2 amide bonds. The van der Waals surface area contributed by atoms with Crippen LogP contribution in [0.15, 0.2) is 42.5 Å². The molecule has 0 heterocycles. The van der Waals surface area contributed by atoms with E-state index >= 15 is 0 Å². The number of carbonyl (C=O) groups is 2. The maximum Gasteiger partial charge on any atom is 0.242 e. The Labute approximate surface area is 172 Å². The molecule has 0 radical (unpaired) electrons. The van der Waals surface area contributed by atoms with Crippen LogP contribution in [0.25, 0.3) is 0 Å². The predicted molar refractivity (Wildman–Crippen MR) is 114 cm³/mol. The largest absolute Gasteiger partial charge is 0.354 e. The van der Waals surface area contributed by atoms with E-state index < -0.39 is 6.04 Å². The molecule has 0 spiro atoms. The molecule has 0 aliphatic carbocycles. The van der Waals surface area contributed by atoms with Crippen LogP contribution in [-0.4, -0.2) is 29.3 Å². The number of rotatable bonds is 8. The van der Waals surface area contributed by atoms with Crippen molar-refractivity contribution in [2.75, 3.05) is 6.54 Å². The SMILES string of the molecule is CCCNC(=O)[C@@H](C)N(Cc1cccc(Cl)c1)C(=O)Cc1cc(C)ccc1C. The van der Waals surface area contributed by atoms with Crippen LogP contribution in [0.2, 0.25) is 5.02 Å². The molecule has 0 fully saturated rings. The molecule has 0 aromatic heterocycles. The van der Waals surface area contributed by atoms with Crippen LogP contribution in [0.1, 0.15) is 42.5 Å². The van der Waals surface area contributed by atoms with Gasteiger partial charge in [-0.1, -0.05) is 54.4 Å². The first-order valence-electron chi connectivity index (χ1n) is 9.69. The van der Waals surface area contributed by atoms with E-state index in [4.69, 9.17) is 11.6 Å². The predicted octanol–water partition coefficient (Wildman–Crippen LogP) is 4.44. The quantitative estimate of drug-likeness (QED) is 0.711. The van der Waals surface area contributed by atoms with Crippen molar-refractivity contribution in [1.82, 2.24) is 10.2 Å². The Morgan fingerprint density at radius 1 is 1.14 bits per heavy atom. The van der Waals surface area contributed by atoms with E-state index in [0.717, 1.165) is 28.7 Å². The number of carbonyl (C=O) groups excluding carboxylic acids is 2. The Hall–Kier alpha value is -2.33. The number of amides is 2. The summed E-state index contributed by atoms with van der Waals surface area (Å²) in [5.41, 5.74) is 4.08. The van der Waals surface area contributed by atoms with E-state index in [1.807, 2.05) is 57.2 Å². The standard InChI is InChI=1S/C23H29ClN2O2/c1-5-11-25-23(28)18(4)26(15-19-7-6-8-21(24)13-19)22(27)14-20-12-16(2)9-10-17(20)3/h6-10,12-13,18H,5,11,14-15H2,1-4H3,(H,25,28)/t18-/m1/s1. The van der Waals surface area contributed by atoms with E-state index in [2.05, 4.69) is 5.32 Å². The topological polar surface area (TPSA) is 49.4 Å². The summed E-state index contributed by atoms with van der Waals surface area (Å²) in [6.07, 6.45) is 1.11. The van der Waals surface area contributed by atoms with Gasteiger partial charge in [-0.05, 0) is 56.0 Å². The summed E-state index contributed by atoms with van der Waals surface area (Å²) in [7, 11) is 0. The number of aryl methyl sites for hydroxylation is 2. The summed E-state index contributed by atoms with van der Waals surface area (Å²) in [6, 6.07) is 12.9. The Morgan fingerprint density at radius 2 is 1.89 bits per heavy atom. The normalized spacial score (nSPS) is 11.8. The fraction of sp³-hybridized carbons (Fsp3) is 0.391. The van der Waals surface area contributed by atoms with Crippen LogP contribution >= 0.6 is 11.6 Å². The molecule has 0 aliphatic rings. The van der Waals surface area contributed by atoms with Gasteiger partial charge in [0.1, 0.15) is 6.04 Å². The highest BCUT2D eigenvalue weighted by Gasteiger charge is 2.26. The number of halogens is 1. The summed E-state index contributed by atoms with van der Waals surface area (Å²) in [5, 5.41) is 3.50. The molecular formula is C23H29ClN2O2. The highest BCUT2D eigenvalue weighted by atomic mass is 35.5. The van der Waals surface area contributed by atoms with Gasteiger partial charge in [-0.3, -0.25) is 9.59 Å². The van der Waals surface area contributed by atoms with Gasteiger partial charge in [0.25, 0.3) is 0 Å². The highest BCUT2D eigenvalue weighted by Crippen LogP contribution is 2.18. The minimum absolute atomic E-state index is 0.0761. The summed E-state index contributed by atoms with van der Waals surface area (Å²) in [5.74, 6) is -0.217. The molecule has 0 saturated heterocycles. The lowest BCUT2D eigenvalue weighted by molar-refractivity contribution is -0.140. The molecule has 2 aromatic rings. The maximum absolute atomic E-state index is 13.2. The van der Waals surface area contributed by atoms with Crippen LogP contribution in [0.3, 0.4) is 0 Å². The van der Waals surface area contributed by atoms with Crippen molar-refractivity contribution in [3.63, 3.8) is 0 Å². The lowest BCUT2D eigenvalue weighted by Crippen LogP contribution is -2.48. The van der Waals surface area contributed by atoms with E-state index in [9.17, 15) is 9.59 Å². The highest BCUT2D eigenvalue weighted by molar-refractivity contribution is 6.30. The molecule has 0 saturated carbocycles. The third-order valence-corrected chi connectivity index (χ3v) is 5.04. The minimum Gasteiger partial charge on any atom is -0.354 e. The third-order valence-electron chi connectivity index (χ3n) is 4.80. The van der Waals surface area contributed by atoms with Crippen LogP contribution in [0.4, 0.5) is 0 Å². The number of nitrogens with zero attached hydrogens (tertiary/aromatic N) is 1. The minimum atomic E-state index is -0.567. The van der Waals surface area contributed by atoms with Crippen LogP contribution in [0, 0.1) is 13.8 Å². The maximum atomic E-state index is 13.2. The summed E-state index contributed by atoms with van der Waals surface area (Å²) in [4.78, 5) is 27.4. The second kappa shape index (κ2) is 10.3. The second-order valence-corrected chi connectivity index (χ2v) is 7.66. The molecule has 1 N–H and O–H groups in total. The first-order valence-corrected chi connectivity index (χ1v) is 10.1. The monoisotopic (exact) mass is 400 g/mol. The zero-order valence-electron chi connectivity index (χ0n) is 17.1. The smallest absolute Gasteiger partial charge is 0.242 e.